The highest BCUT2D eigenvalue weighted by molar-refractivity contribution is 6.33. The first-order valence-electron chi connectivity index (χ1n) is 9.17. The maximum Gasteiger partial charge on any atom is 0.306 e. The van der Waals surface area contributed by atoms with Gasteiger partial charge in [0.05, 0.1) is 12.5 Å². The SMILES string of the molecule is CCO[C@@H](CC(=O)O)c1ccc(OCc2ccc(Cl)c(-c3cccnc3)c2)nc1. The Hall–Kier alpha value is -2.96. The van der Waals surface area contributed by atoms with Crippen LogP contribution in [-0.2, 0) is 16.1 Å². The van der Waals surface area contributed by atoms with E-state index in [-0.39, 0.29) is 6.42 Å². The Kier molecular flexibility index (Phi) is 7.16. The molecule has 1 atom stereocenters. The lowest BCUT2D eigenvalue weighted by atomic mass is 10.1. The highest BCUT2D eigenvalue weighted by Gasteiger charge is 2.16. The molecule has 1 N–H and O–H groups in total. The molecule has 6 nitrogen and oxygen atoms in total. The number of ether oxygens (including phenoxy) is 2. The van der Waals surface area contributed by atoms with Crippen LogP contribution in [0, 0.1) is 0 Å². The van der Waals surface area contributed by atoms with Gasteiger partial charge < -0.3 is 14.6 Å². The zero-order chi connectivity index (χ0) is 20.6. The molecular formula is C22H21ClN2O4. The fourth-order valence-corrected chi connectivity index (χ4v) is 3.09. The molecule has 2 heterocycles. The number of carbonyl (C=O) groups is 1. The number of carboxylic acids is 1. The average molecular weight is 413 g/mol. The molecule has 0 radical (unpaired) electrons. The minimum Gasteiger partial charge on any atom is -0.481 e. The van der Waals surface area contributed by atoms with Gasteiger partial charge in [0.15, 0.2) is 0 Å². The molecule has 0 saturated heterocycles. The van der Waals surface area contributed by atoms with Crippen molar-refractivity contribution in [2.45, 2.75) is 26.1 Å². The van der Waals surface area contributed by atoms with Crippen LogP contribution in [0.2, 0.25) is 5.02 Å². The van der Waals surface area contributed by atoms with Gasteiger partial charge in [-0.3, -0.25) is 9.78 Å². The minimum atomic E-state index is -0.920. The first-order valence-corrected chi connectivity index (χ1v) is 9.55. The monoisotopic (exact) mass is 412 g/mol. The summed E-state index contributed by atoms with van der Waals surface area (Å²) in [6, 6.07) is 13.0. The van der Waals surface area contributed by atoms with Crippen LogP contribution in [0.3, 0.4) is 0 Å². The van der Waals surface area contributed by atoms with Gasteiger partial charge in [-0.15, -0.1) is 0 Å². The topological polar surface area (TPSA) is 81.5 Å². The molecule has 0 spiro atoms. The Morgan fingerprint density at radius 1 is 1.21 bits per heavy atom. The third-order valence-corrected chi connectivity index (χ3v) is 4.58. The number of carboxylic acid groups (broad SMARTS) is 1. The van der Waals surface area contributed by atoms with Crippen molar-refractivity contribution in [2.24, 2.45) is 0 Å². The van der Waals surface area contributed by atoms with E-state index in [2.05, 4.69) is 9.97 Å². The van der Waals surface area contributed by atoms with Crippen molar-refractivity contribution < 1.29 is 19.4 Å². The van der Waals surface area contributed by atoms with Gasteiger partial charge in [-0.25, -0.2) is 4.98 Å². The smallest absolute Gasteiger partial charge is 0.306 e. The highest BCUT2D eigenvalue weighted by atomic mass is 35.5. The van der Waals surface area contributed by atoms with Crippen molar-refractivity contribution in [1.82, 2.24) is 9.97 Å². The van der Waals surface area contributed by atoms with E-state index in [9.17, 15) is 4.79 Å². The maximum atomic E-state index is 11.0. The molecule has 3 aromatic rings. The quantitative estimate of drug-likeness (QED) is 0.536. The van der Waals surface area contributed by atoms with Gasteiger partial charge in [0.2, 0.25) is 5.88 Å². The number of rotatable bonds is 9. The molecule has 0 bridgehead atoms. The normalized spacial score (nSPS) is 11.8. The van der Waals surface area contributed by atoms with Crippen LogP contribution in [-0.4, -0.2) is 27.7 Å². The lowest BCUT2D eigenvalue weighted by molar-refractivity contribution is -0.140. The van der Waals surface area contributed by atoms with Gasteiger partial charge in [0, 0.05) is 47.4 Å². The molecule has 3 rings (SSSR count). The maximum absolute atomic E-state index is 11.0. The minimum absolute atomic E-state index is 0.113. The van der Waals surface area contributed by atoms with Gasteiger partial charge in [-0.2, -0.15) is 0 Å². The number of benzene rings is 1. The fourth-order valence-electron chi connectivity index (χ4n) is 2.86. The molecule has 29 heavy (non-hydrogen) atoms. The molecule has 150 valence electrons. The van der Waals surface area contributed by atoms with E-state index in [4.69, 9.17) is 26.2 Å². The molecule has 2 aromatic heterocycles. The third-order valence-electron chi connectivity index (χ3n) is 4.25. The van der Waals surface area contributed by atoms with E-state index in [1.54, 1.807) is 30.7 Å². The third kappa shape index (κ3) is 5.76. The van der Waals surface area contributed by atoms with Gasteiger partial charge in [-0.05, 0) is 42.3 Å². The summed E-state index contributed by atoms with van der Waals surface area (Å²) in [4.78, 5) is 19.4. The predicted octanol–water partition coefficient (Wildman–Crippen LogP) is 4.93. The molecule has 0 aliphatic heterocycles. The number of aliphatic carboxylic acids is 1. The predicted molar refractivity (Wildman–Crippen MR) is 110 cm³/mol. The van der Waals surface area contributed by atoms with Crippen molar-refractivity contribution in [3.63, 3.8) is 0 Å². The number of nitrogens with zero attached hydrogens (tertiary/aromatic N) is 2. The Morgan fingerprint density at radius 2 is 2.07 bits per heavy atom. The van der Waals surface area contributed by atoms with Gasteiger partial charge in [0.1, 0.15) is 6.61 Å². The molecule has 1 aromatic carbocycles. The van der Waals surface area contributed by atoms with Gasteiger partial charge in [0.25, 0.3) is 0 Å². The number of pyridine rings is 2. The standard InChI is InChI=1S/C22H21ClN2O4/c1-2-28-20(11-22(26)27)17-6-8-21(25-13-17)29-14-15-5-7-19(23)18(10-15)16-4-3-9-24-12-16/h3-10,12-13,20H,2,11,14H2,1H3,(H,26,27)/t20-/m0/s1. The second-order valence-corrected chi connectivity index (χ2v) is 6.72. The summed E-state index contributed by atoms with van der Waals surface area (Å²) < 4.78 is 11.3. The Labute approximate surface area is 174 Å². The lowest BCUT2D eigenvalue weighted by Gasteiger charge is -2.15. The first-order chi connectivity index (χ1) is 14.1. The van der Waals surface area contributed by atoms with Crippen molar-refractivity contribution in [3.8, 4) is 17.0 Å². The fraction of sp³-hybridized carbons (Fsp3) is 0.227. The van der Waals surface area contributed by atoms with Gasteiger partial charge in [-0.1, -0.05) is 23.7 Å². The van der Waals surface area contributed by atoms with Gasteiger partial charge >= 0.3 is 5.97 Å². The number of aromatic nitrogens is 2. The van der Waals surface area contributed by atoms with E-state index in [1.165, 1.54) is 0 Å². The van der Waals surface area contributed by atoms with Crippen LogP contribution in [0.1, 0.15) is 30.6 Å². The zero-order valence-electron chi connectivity index (χ0n) is 15.9. The summed E-state index contributed by atoms with van der Waals surface area (Å²) in [6.07, 6.45) is 4.42. The summed E-state index contributed by atoms with van der Waals surface area (Å²) >= 11 is 6.32. The van der Waals surface area contributed by atoms with Crippen LogP contribution in [0.25, 0.3) is 11.1 Å². The van der Waals surface area contributed by atoms with Crippen LogP contribution in [0.15, 0.2) is 61.1 Å². The van der Waals surface area contributed by atoms with E-state index in [1.807, 2.05) is 37.3 Å². The van der Waals surface area contributed by atoms with Crippen molar-refractivity contribution in [3.05, 3.63) is 77.2 Å². The van der Waals surface area contributed by atoms with E-state index >= 15 is 0 Å². The Morgan fingerprint density at radius 3 is 2.72 bits per heavy atom. The molecule has 0 amide bonds. The van der Waals surface area contributed by atoms with E-state index in [0.29, 0.717) is 29.7 Å². The molecule has 0 saturated carbocycles. The van der Waals surface area contributed by atoms with Crippen LogP contribution < -0.4 is 4.74 Å². The molecule has 0 fully saturated rings. The molecular weight excluding hydrogens is 392 g/mol. The Bertz CT molecular complexity index is 949. The van der Waals surface area contributed by atoms with Crippen LogP contribution in [0.5, 0.6) is 5.88 Å². The first kappa shape index (κ1) is 20.8. The lowest BCUT2D eigenvalue weighted by Crippen LogP contribution is -2.10. The molecule has 0 aliphatic carbocycles. The van der Waals surface area contributed by atoms with Crippen LogP contribution in [0.4, 0.5) is 0 Å². The average Bonchev–Trinajstić information content (AvgIpc) is 2.73. The summed E-state index contributed by atoms with van der Waals surface area (Å²) in [5.41, 5.74) is 3.46. The largest absolute Gasteiger partial charge is 0.481 e. The summed E-state index contributed by atoms with van der Waals surface area (Å²) in [7, 11) is 0. The second-order valence-electron chi connectivity index (χ2n) is 6.32. The summed E-state index contributed by atoms with van der Waals surface area (Å²) in [5.74, 6) is -0.479. The molecule has 0 unspecified atom stereocenters. The Balaban J connectivity index is 1.68. The van der Waals surface area contributed by atoms with E-state index in [0.717, 1.165) is 16.7 Å². The number of hydrogen-bond donors (Lipinski definition) is 1. The van der Waals surface area contributed by atoms with E-state index < -0.39 is 12.1 Å². The van der Waals surface area contributed by atoms with Crippen molar-refractivity contribution in [1.29, 1.82) is 0 Å². The zero-order valence-corrected chi connectivity index (χ0v) is 16.7. The van der Waals surface area contributed by atoms with Crippen molar-refractivity contribution >= 4 is 17.6 Å². The second kappa shape index (κ2) is 10.0. The van der Waals surface area contributed by atoms with Crippen molar-refractivity contribution in [2.75, 3.05) is 6.61 Å². The number of hydrogen-bond acceptors (Lipinski definition) is 5. The highest BCUT2D eigenvalue weighted by Crippen LogP contribution is 2.29. The molecule has 7 heteroatoms. The summed E-state index contributed by atoms with van der Waals surface area (Å²) in [5, 5.41) is 9.67. The summed E-state index contributed by atoms with van der Waals surface area (Å²) in [6.45, 7) is 2.57. The van der Waals surface area contributed by atoms with Crippen LogP contribution >= 0.6 is 11.6 Å². The number of halogens is 1. The molecule has 0 aliphatic rings.